The first-order valence-corrected chi connectivity index (χ1v) is 12.8. The number of thiocarbonyl (C=S) groups is 1. The molecule has 0 saturated carbocycles. The van der Waals surface area contributed by atoms with E-state index in [1.807, 2.05) is 31.2 Å². The highest BCUT2D eigenvalue weighted by Gasteiger charge is 2.22. The number of nitrogens with one attached hydrogen (secondary N) is 2. The average molecular weight is 510 g/mol. The predicted octanol–water partition coefficient (Wildman–Crippen LogP) is 4.26. The molecular formula is C28H35N3O4S. The molecule has 2 heterocycles. The number of rotatable bonds is 9. The van der Waals surface area contributed by atoms with Gasteiger partial charge in [-0.1, -0.05) is 17.7 Å². The molecule has 2 aromatic carbocycles. The first-order valence-electron chi connectivity index (χ1n) is 12.4. The monoisotopic (exact) mass is 509 g/mol. The number of pyridine rings is 1. The Hall–Kier alpha value is -3.10. The van der Waals surface area contributed by atoms with E-state index in [2.05, 4.69) is 34.3 Å². The molecule has 0 aliphatic carbocycles. The molecule has 1 atom stereocenters. The minimum atomic E-state index is -0.0834. The van der Waals surface area contributed by atoms with E-state index in [-0.39, 0.29) is 11.7 Å². The maximum atomic E-state index is 13.0. The molecule has 3 aromatic rings. The van der Waals surface area contributed by atoms with Crippen molar-refractivity contribution in [1.29, 1.82) is 0 Å². The molecule has 0 radical (unpaired) electrons. The smallest absolute Gasteiger partial charge is 0.253 e. The van der Waals surface area contributed by atoms with Gasteiger partial charge in [0.25, 0.3) is 5.56 Å². The van der Waals surface area contributed by atoms with Crippen molar-refractivity contribution in [3.63, 3.8) is 0 Å². The van der Waals surface area contributed by atoms with Crippen LogP contribution in [0.4, 0.5) is 0 Å². The molecule has 8 heteroatoms. The van der Waals surface area contributed by atoms with E-state index < -0.39 is 0 Å². The van der Waals surface area contributed by atoms with Crippen molar-refractivity contribution < 1.29 is 14.2 Å². The molecule has 1 unspecified atom stereocenters. The summed E-state index contributed by atoms with van der Waals surface area (Å²) in [5, 5.41) is 5.03. The Bertz CT molecular complexity index is 1280. The zero-order valence-corrected chi connectivity index (χ0v) is 22.3. The summed E-state index contributed by atoms with van der Waals surface area (Å²) in [5.41, 5.74) is 4.84. The summed E-state index contributed by atoms with van der Waals surface area (Å²) in [6.45, 7) is 6.58. The molecule has 7 nitrogen and oxygen atoms in total. The van der Waals surface area contributed by atoms with Crippen LogP contribution in [-0.4, -0.2) is 55.0 Å². The summed E-state index contributed by atoms with van der Waals surface area (Å²) in [6, 6.07) is 12.1. The van der Waals surface area contributed by atoms with E-state index in [9.17, 15) is 4.79 Å². The summed E-state index contributed by atoms with van der Waals surface area (Å²) in [4.78, 5) is 18.1. The lowest BCUT2D eigenvalue weighted by Crippen LogP contribution is -2.44. The van der Waals surface area contributed by atoms with Crippen LogP contribution in [0.1, 0.15) is 35.1 Å². The van der Waals surface area contributed by atoms with Crippen LogP contribution in [0.25, 0.3) is 10.9 Å². The van der Waals surface area contributed by atoms with E-state index in [0.29, 0.717) is 41.8 Å². The van der Waals surface area contributed by atoms with Gasteiger partial charge in [0.2, 0.25) is 0 Å². The molecule has 1 aromatic heterocycles. The van der Waals surface area contributed by atoms with Crippen LogP contribution in [0.15, 0.2) is 41.2 Å². The second-order valence-electron chi connectivity index (χ2n) is 9.36. The molecule has 0 amide bonds. The van der Waals surface area contributed by atoms with Crippen LogP contribution in [0.3, 0.4) is 0 Å². The van der Waals surface area contributed by atoms with Crippen molar-refractivity contribution in [2.45, 2.75) is 45.8 Å². The Morgan fingerprint density at radius 3 is 2.69 bits per heavy atom. The number of nitrogens with zero attached hydrogens (tertiary/aromatic N) is 1. The van der Waals surface area contributed by atoms with E-state index >= 15 is 0 Å². The van der Waals surface area contributed by atoms with Crippen LogP contribution in [0.2, 0.25) is 0 Å². The maximum absolute atomic E-state index is 13.0. The van der Waals surface area contributed by atoms with E-state index in [0.717, 1.165) is 47.9 Å². The average Bonchev–Trinajstić information content (AvgIpc) is 3.37. The van der Waals surface area contributed by atoms with Gasteiger partial charge in [-0.25, -0.2) is 0 Å². The Labute approximate surface area is 217 Å². The van der Waals surface area contributed by atoms with Crippen molar-refractivity contribution in [1.82, 2.24) is 15.2 Å². The van der Waals surface area contributed by atoms with Gasteiger partial charge in [-0.15, -0.1) is 0 Å². The van der Waals surface area contributed by atoms with Gasteiger partial charge in [0.15, 0.2) is 16.6 Å². The normalized spacial score (nSPS) is 15.2. The summed E-state index contributed by atoms with van der Waals surface area (Å²) >= 11 is 5.80. The number of aromatic nitrogens is 1. The lowest BCUT2D eigenvalue weighted by Gasteiger charge is -2.28. The topological polar surface area (TPSA) is 75.8 Å². The van der Waals surface area contributed by atoms with Crippen molar-refractivity contribution in [2.75, 3.05) is 33.9 Å². The first-order chi connectivity index (χ1) is 17.4. The van der Waals surface area contributed by atoms with E-state index in [1.165, 1.54) is 5.56 Å². The second-order valence-corrected chi connectivity index (χ2v) is 9.74. The Kier molecular flexibility index (Phi) is 8.48. The lowest BCUT2D eigenvalue weighted by molar-refractivity contribution is 0.0897. The molecule has 192 valence electrons. The zero-order valence-electron chi connectivity index (χ0n) is 21.5. The Balaban J connectivity index is 1.48. The third-order valence-corrected chi connectivity index (χ3v) is 7.01. The SMILES string of the molecule is COc1ccc(CCNC(=S)N(Cc2cc3cc(C)cc(C)c3[nH]c2=O)CC2CCCO2)cc1OC. The summed E-state index contributed by atoms with van der Waals surface area (Å²) in [6.07, 6.45) is 2.92. The molecule has 1 saturated heterocycles. The number of methoxy groups -OCH3 is 2. The van der Waals surface area contributed by atoms with Crippen LogP contribution in [0.5, 0.6) is 11.5 Å². The molecular weight excluding hydrogens is 474 g/mol. The van der Waals surface area contributed by atoms with Gasteiger partial charge in [0, 0.05) is 25.3 Å². The highest BCUT2D eigenvalue weighted by Crippen LogP contribution is 2.27. The fraction of sp³-hybridized carbons (Fsp3) is 0.429. The highest BCUT2D eigenvalue weighted by molar-refractivity contribution is 7.80. The van der Waals surface area contributed by atoms with Crippen molar-refractivity contribution in [3.05, 3.63) is 69.0 Å². The van der Waals surface area contributed by atoms with Crippen molar-refractivity contribution in [2.24, 2.45) is 0 Å². The summed E-state index contributed by atoms with van der Waals surface area (Å²) in [7, 11) is 3.26. The number of fused-ring (bicyclic) bond motifs is 1. The zero-order chi connectivity index (χ0) is 25.7. The Morgan fingerprint density at radius 2 is 1.97 bits per heavy atom. The van der Waals surface area contributed by atoms with Crippen LogP contribution >= 0.6 is 12.2 Å². The number of hydrogen-bond acceptors (Lipinski definition) is 5. The number of aromatic amines is 1. The largest absolute Gasteiger partial charge is 0.493 e. The third-order valence-electron chi connectivity index (χ3n) is 6.60. The molecule has 0 spiro atoms. The standard InChI is InChI=1S/C28H35N3O4S/c1-18-12-19(2)26-21(13-18)15-22(27(32)30-26)16-31(17-23-6-5-11-35-23)28(36)29-10-9-20-7-8-24(33-3)25(14-20)34-4/h7-8,12-15,23H,5-6,9-11,16-17H2,1-4H3,(H,29,36)(H,30,32). The van der Waals surface area contributed by atoms with Gasteiger partial charge < -0.3 is 29.4 Å². The molecule has 4 rings (SSSR count). The number of ether oxygens (including phenoxy) is 3. The molecule has 0 bridgehead atoms. The van der Waals surface area contributed by atoms with Gasteiger partial charge in [-0.05, 0) is 86.1 Å². The van der Waals surface area contributed by atoms with Crippen LogP contribution in [-0.2, 0) is 17.7 Å². The fourth-order valence-corrected chi connectivity index (χ4v) is 5.01. The minimum absolute atomic E-state index is 0.0834. The third kappa shape index (κ3) is 6.17. The van der Waals surface area contributed by atoms with Gasteiger partial charge in [0.05, 0.1) is 32.4 Å². The molecule has 2 N–H and O–H groups in total. The number of H-pyrrole nitrogens is 1. The van der Waals surface area contributed by atoms with E-state index in [1.54, 1.807) is 14.2 Å². The fourth-order valence-electron chi connectivity index (χ4n) is 4.77. The van der Waals surface area contributed by atoms with Crippen molar-refractivity contribution >= 4 is 28.2 Å². The van der Waals surface area contributed by atoms with Crippen molar-refractivity contribution in [3.8, 4) is 11.5 Å². The molecule has 1 aliphatic rings. The quantitative estimate of drug-likeness (QED) is 0.418. The lowest BCUT2D eigenvalue weighted by atomic mass is 10.1. The Morgan fingerprint density at radius 1 is 1.17 bits per heavy atom. The summed E-state index contributed by atoms with van der Waals surface area (Å²) in [5.74, 6) is 1.41. The van der Waals surface area contributed by atoms with Crippen LogP contribution < -0.4 is 20.3 Å². The maximum Gasteiger partial charge on any atom is 0.253 e. The highest BCUT2D eigenvalue weighted by atomic mass is 32.1. The second kappa shape index (κ2) is 11.8. The molecule has 1 aliphatic heterocycles. The predicted molar refractivity (Wildman–Crippen MR) is 147 cm³/mol. The molecule has 1 fully saturated rings. The number of aryl methyl sites for hydroxylation is 2. The van der Waals surface area contributed by atoms with Gasteiger partial charge in [0.1, 0.15) is 0 Å². The van der Waals surface area contributed by atoms with Crippen LogP contribution in [0, 0.1) is 13.8 Å². The molecule has 36 heavy (non-hydrogen) atoms. The number of hydrogen-bond donors (Lipinski definition) is 2. The van der Waals surface area contributed by atoms with Gasteiger partial charge in [-0.3, -0.25) is 4.79 Å². The first kappa shape index (κ1) is 26.0. The van der Waals surface area contributed by atoms with E-state index in [4.69, 9.17) is 26.4 Å². The van der Waals surface area contributed by atoms with Gasteiger partial charge in [-0.2, -0.15) is 0 Å². The number of benzene rings is 2. The minimum Gasteiger partial charge on any atom is -0.493 e. The van der Waals surface area contributed by atoms with Gasteiger partial charge >= 0.3 is 0 Å². The summed E-state index contributed by atoms with van der Waals surface area (Å²) < 4.78 is 16.6.